The third kappa shape index (κ3) is 49.6. The number of rotatable bonds is 60. The van der Waals surface area contributed by atoms with Crippen molar-refractivity contribution in [1.29, 1.82) is 0 Å². The van der Waals surface area contributed by atoms with Crippen LogP contribution in [-0.4, -0.2) is 87.5 Å². The van der Waals surface area contributed by atoms with Gasteiger partial charge in [0.15, 0.2) is 6.29 Å². The van der Waals surface area contributed by atoms with Gasteiger partial charge in [0.1, 0.15) is 24.4 Å². The average molecular weight is 1150 g/mol. The molecule has 1 aliphatic heterocycles. The lowest BCUT2D eigenvalue weighted by Gasteiger charge is -2.40. The van der Waals surface area contributed by atoms with E-state index in [0.29, 0.717) is 6.42 Å². The van der Waals surface area contributed by atoms with E-state index in [2.05, 4.69) is 92.1 Å². The number of aliphatic hydroxyl groups excluding tert-OH is 5. The van der Waals surface area contributed by atoms with Crippen LogP contribution in [0.15, 0.2) is 85.1 Å². The molecule has 0 aromatic heterocycles. The second-order valence-electron chi connectivity index (χ2n) is 23.9. The van der Waals surface area contributed by atoms with Crippen molar-refractivity contribution >= 4 is 5.91 Å². The number of amides is 1. The molecule has 82 heavy (non-hydrogen) atoms. The number of nitrogens with one attached hydrogen (secondary N) is 1. The monoisotopic (exact) mass is 1150 g/mol. The van der Waals surface area contributed by atoms with Gasteiger partial charge in [0.2, 0.25) is 5.91 Å². The maximum atomic E-state index is 13.1. The lowest BCUT2D eigenvalue weighted by Crippen LogP contribution is -2.60. The standard InChI is InChI=1S/C73H131NO8/c1-3-5-7-9-11-13-15-17-19-21-23-25-27-29-30-31-32-33-34-35-36-37-38-39-41-43-45-47-49-51-53-55-57-59-61-63-69(77)74-66(65-81-73-72(80)71(79)70(78)68(64-75)82-73)67(76)62-60-58-56-54-52-50-48-46-44-42-40-28-26-24-22-20-18-16-14-12-10-8-6-4-2/h5,7,11,13,17,19,23,25,44,46,52,54,60,62,66-68,70-73,75-76,78-80H,3-4,6,8-10,12,14-16,18,20-22,24,26-43,45,47-51,53,55-59,61,63-65H2,1-2H3,(H,74,77)/b7-5-,13-11-,19-17-,25-23-,46-44+,54-52+,62-60+. The van der Waals surface area contributed by atoms with Gasteiger partial charge in [-0.1, -0.05) is 311 Å². The number of unbranched alkanes of at least 4 members (excludes halogenated alkanes) is 38. The molecule has 0 radical (unpaired) electrons. The first-order chi connectivity index (χ1) is 40.3. The van der Waals surface area contributed by atoms with Gasteiger partial charge in [-0.05, 0) is 83.5 Å². The summed E-state index contributed by atoms with van der Waals surface area (Å²) in [7, 11) is 0. The van der Waals surface area contributed by atoms with E-state index in [4.69, 9.17) is 9.47 Å². The minimum atomic E-state index is -1.58. The Balaban J connectivity index is 2.13. The van der Waals surface area contributed by atoms with Crippen LogP contribution < -0.4 is 5.32 Å². The molecule has 1 aliphatic rings. The molecular weight excluding hydrogens is 1020 g/mol. The first-order valence-corrected chi connectivity index (χ1v) is 34.8. The van der Waals surface area contributed by atoms with Gasteiger partial charge >= 0.3 is 0 Å². The average Bonchev–Trinajstić information content (AvgIpc) is 3.52. The minimum absolute atomic E-state index is 0.187. The molecule has 1 heterocycles. The molecule has 7 unspecified atom stereocenters. The molecule has 0 saturated carbocycles. The van der Waals surface area contributed by atoms with Gasteiger partial charge in [0.05, 0.1) is 25.4 Å². The zero-order chi connectivity index (χ0) is 59.3. The highest BCUT2D eigenvalue weighted by molar-refractivity contribution is 5.76. The fraction of sp³-hybridized carbons (Fsp3) is 0.795. The van der Waals surface area contributed by atoms with Crippen LogP contribution in [0.5, 0.6) is 0 Å². The van der Waals surface area contributed by atoms with Crippen LogP contribution in [0.1, 0.15) is 316 Å². The van der Waals surface area contributed by atoms with Crippen LogP contribution in [0.2, 0.25) is 0 Å². The quantitative estimate of drug-likeness (QED) is 0.0261. The molecule has 9 heteroatoms. The number of carbonyl (C=O) groups excluding carboxylic acids is 1. The van der Waals surface area contributed by atoms with Crippen molar-refractivity contribution in [2.45, 2.75) is 358 Å². The van der Waals surface area contributed by atoms with E-state index in [0.717, 1.165) is 70.6 Å². The highest BCUT2D eigenvalue weighted by Crippen LogP contribution is 2.23. The Hall–Kier alpha value is -2.63. The fourth-order valence-corrected chi connectivity index (χ4v) is 10.8. The largest absolute Gasteiger partial charge is 0.394 e. The third-order valence-corrected chi connectivity index (χ3v) is 16.2. The number of aliphatic hydroxyl groups is 5. The predicted octanol–water partition coefficient (Wildman–Crippen LogP) is 18.9. The molecule has 0 bridgehead atoms. The fourth-order valence-electron chi connectivity index (χ4n) is 10.8. The molecule has 1 saturated heterocycles. The Morgan fingerprint density at radius 3 is 1.17 bits per heavy atom. The smallest absolute Gasteiger partial charge is 0.220 e. The van der Waals surface area contributed by atoms with Crippen LogP contribution in [0.25, 0.3) is 0 Å². The van der Waals surface area contributed by atoms with Crippen molar-refractivity contribution < 1.29 is 39.8 Å². The predicted molar refractivity (Wildman–Crippen MR) is 350 cm³/mol. The SMILES string of the molecule is CC/C=C\C/C=C\C/C=C\C/C=C\CCCCCCCCCCCCCCCCCCCCCCCCC(=O)NC(COC1OC(CO)C(O)C(O)C1O)C(O)/C=C/CC/C=C/CC/C=C/CCCCCCCCCCCCCCCC. The van der Waals surface area contributed by atoms with E-state index in [9.17, 15) is 30.3 Å². The summed E-state index contributed by atoms with van der Waals surface area (Å²) in [6.45, 7) is 3.68. The van der Waals surface area contributed by atoms with Crippen LogP contribution in [0, 0.1) is 0 Å². The first kappa shape index (κ1) is 77.4. The van der Waals surface area contributed by atoms with Crippen LogP contribution in [0.3, 0.4) is 0 Å². The Morgan fingerprint density at radius 2 is 0.768 bits per heavy atom. The molecular formula is C73H131NO8. The van der Waals surface area contributed by atoms with Crippen molar-refractivity contribution in [3.8, 4) is 0 Å². The zero-order valence-corrected chi connectivity index (χ0v) is 53.2. The van der Waals surface area contributed by atoms with Crippen LogP contribution in [-0.2, 0) is 14.3 Å². The van der Waals surface area contributed by atoms with E-state index in [1.54, 1.807) is 6.08 Å². The number of hydrogen-bond acceptors (Lipinski definition) is 8. The maximum absolute atomic E-state index is 13.1. The molecule has 9 nitrogen and oxygen atoms in total. The summed E-state index contributed by atoms with van der Waals surface area (Å²) in [5, 5.41) is 54.7. The van der Waals surface area contributed by atoms with E-state index in [1.807, 2.05) is 6.08 Å². The van der Waals surface area contributed by atoms with E-state index >= 15 is 0 Å². The Bertz CT molecular complexity index is 1570. The normalized spacial score (nSPS) is 18.8. The number of carbonyl (C=O) groups is 1. The Kier molecular flexibility index (Phi) is 58.0. The number of ether oxygens (including phenoxy) is 2. The van der Waals surface area contributed by atoms with Gasteiger partial charge in [-0.2, -0.15) is 0 Å². The molecule has 1 rings (SSSR count). The van der Waals surface area contributed by atoms with Crippen molar-refractivity contribution in [2.75, 3.05) is 13.2 Å². The highest BCUT2D eigenvalue weighted by Gasteiger charge is 2.44. The maximum Gasteiger partial charge on any atom is 0.220 e. The van der Waals surface area contributed by atoms with Crippen molar-refractivity contribution in [3.63, 3.8) is 0 Å². The second kappa shape index (κ2) is 61.5. The van der Waals surface area contributed by atoms with E-state index in [1.165, 1.54) is 225 Å². The topological polar surface area (TPSA) is 149 Å². The van der Waals surface area contributed by atoms with E-state index in [-0.39, 0.29) is 12.5 Å². The third-order valence-electron chi connectivity index (χ3n) is 16.2. The summed E-state index contributed by atoms with van der Waals surface area (Å²) in [5.41, 5.74) is 0. The Morgan fingerprint density at radius 1 is 0.427 bits per heavy atom. The van der Waals surface area contributed by atoms with Crippen LogP contribution >= 0.6 is 0 Å². The molecule has 0 aromatic carbocycles. The summed E-state index contributed by atoms with van der Waals surface area (Å²) < 4.78 is 11.3. The molecule has 6 N–H and O–H groups in total. The second-order valence-corrected chi connectivity index (χ2v) is 23.9. The van der Waals surface area contributed by atoms with Crippen molar-refractivity contribution in [1.82, 2.24) is 5.32 Å². The zero-order valence-electron chi connectivity index (χ0n) is 53.2. The van der Waals surface area contributed by atoms with Crippen molar-refractivity contribution in [2.24, 2.45) is 0 Å². The summed E-state index contributed by atoms with van der Waals surface area (Å²) in [6, 6.07) is -0.832. The van der Waals surface area contributed by atoms with Gasteiger partial charge < -0.3 is 40.3 Å². The lowest BCUT2D eigenvalue weighted by atomic mass is 9.99. The number of allylic oxidation sites excluding steroid dienone is 13. The summed E-state index contributed by atoms with van der Waals surface area (Å²) in [5.74, 6) is -0.187. The summed E-state index contributed by atoms with van der Waals surface area (Å²) >= 11 is 0. The molecule has 0 aromatic rings. The molecule has 1 fully saturated rings. The van der Waals surface area contributed by atoms with Crippen molar-refractivity contribution in [3.05, 3.63) is 85.1 Å². The lowest BCUT2D eigenvalue weighted by molar-refractivity contribution is -0.302. The van der Waals surface area contributed by atoms with Gasteiger partial charge in [0, 0.05) is 6.42 Å². The molecule has 476 valence electrons. The van der Waals surface area contributed by atoms with Gasteiger partial charge in [0.25, 0.3) is 0 Å². The molecule has 0 aliphatic carbocycles. The van der Waals surface area contributed by atoms with Gasteiger partial charge in [-0.25, -0.2) is 0 Å². The molecule has 0 spiro atoms. The first-order valence-electron chi connectivity index (χ1n) is 34.8. The molecule has 7 atom stereocenters. The molecule has 1 amide bonds. The Labute approximate surface area is 505 Å². The highest BCUT2D eigenvalue weighted by atomic mass is 16.7. The van der Waals surface area contributed by atoms with Gasteiger partial charge in [-0.3, -0.25) is 4.79 Å². The minimum Gasteiger partial charge on any atom is -0.394 e. The van der Waals surface area contributed by atoms with E-state index < -0.39 is 49.5 Å². The summed E-state index contributed by atoms with van der Waals surface area (Å²) in [6.07, 6.45) is 81.2. The number of hydrogen-bond donors (Lipinski definition) is 6. The van der Waals surface area contributed by atoms with Gasteiger partial charge in [-0.15, -0.1) is 0 Å². The van der Waals surface area contributed by atoms with Crippen LogP contribution in [0.4, 0.5) is 0 Å². The summed E-state index contributed by atoms with van der Waals surface area (Å²) in [4.78, 5) is 13.1.